The van der Waals surface area contributed by atoms with Crippen LogP contribution in [0.1, 0.15) is 6.92 Å². The highest BCUT2D eigenvalue weighted by atomic mass is 79.9. The van der Waals surface area contributed by atoms with E-state index in [-0.39, 0.29) is 5.91 Å². The minimum Gasteiger partial charge on any atom is -0.477 e. The van der Waals surface area contributed by atoms with Crippen LogP contribution in [0, 0.1) is 0 Å². The van der Waals surface area contributed by atoms with E-state index in [4.69, 9.17) is 10.5 Å². The van der Waals surface area contributed by atoms with Crippen molar-refractivity contribution in [3.63, 3.8) is 0 Å². The number of rotatable bonds is 0. The van der Waals surface area contributed by atoms with E-state index in [2.05, 4.69) is 21.2 Å². The number of ether oxygens (including phenoxy) is 1. The summed E-state index contributed by atoms with van der Waals surface area (Å²) in [5, 5.41) is 2.72. The van der Waals surface area contributed by atoms with Crippen molar-refractivity contribution in [2.24, 2.45) is 0 Å². The molecule has 0 fully saturated rings. The maximum Gasteiger partial charge on any atom is 0.265 e. The second-order valence-electron chi connectivity index (χ2n) is 3.12. The molecule has 1 aromatic rings. The predicted octanol–water partition coefficient (Wildman–Crippen LogP) is 1.75. The zero-order valence-corrected chi connectivity index (χ0v) is 9.09. The van der Waals surface area contributed by atoms with Crippen LogP contribution in [0.4, 0.5) is 11.4 Å². The van der Waals surface area contributed by atoms with Crippen LogP contribution in [0.5, 0.6) is 5.75 Å². The van der Waals surface area contributed by atoms with Gasteiger partial charge >= 0.3 is 0 Å². The maximum absolute atomic E-state index is 11.3. The fraction of sp³-hybridized carbons (Fsp3) is 0.222. The van der Waals surface area contributed by atoms with Gasteiger partial charge in [0.15, 0.2) is 11.9 Å². The number of carbonyl (C=O) groups is 1. The average Bonchev–Trinajstić information content (AvgIpc) is 2.08. The van der Waals surface area contributed by atoms with Gasteiger partial charge in [-0.15, -0.1) is 0 Å². The first-order chi connectivity index (χ1) is 6.58. The van der Waals surface area contributed by atoms with Gasteiger partial charge in [0.25, 0.3) is 5.91 Å². The average molecular weight is 257 g/mol. The zero-order chi connectivity index (χ0) is 10.3. The number of carbonyl (C=O) groups excluding carboxylic acids is 1. The Kier molecular flexibility index (Phi) is 2.11. The Hall–Kier alpha value is -1.23. The van der Waals surface area contributed by atoms with E-state index in [0.29, 0.717) is 17.1 Å². The number of nitrogens with two attached hydrogens (primary N) is 1. The van der Waals surface area contributed by atoms with E-state index in [1.807, 2.05) is 0 Å². The lowest BCUT2D eigenvalue weighted by Gasteiger charge is -2.24. The molecular weight excluding hydrogens is 248 g/mol. The summed E-state index contributed by atoms with van der Waals surface area (Å²) in [4.78, 5) is 11.3. The molecule has 2 rings (SSSR count). The molecule has 74 valence electrons. The van der Waals surface area contributed by atoms with Crippen molar-refractivity contribution in [3.8, 4) is 5.75 Å². The number of halogens is 1. The standard InChI is InChI=1S/C9H9BrN2O2/c1-4-9(13)12-7-3-5(10)2-6(11)8(7)14-4/h2-4H,11H2,1H3,(H,12,13). The van der Waals surface area contributed by atoms with Crippen molar-refractivity contribution in [2.75, 3.05) is 11.1 Å². The van der Waals surface area contributed by atoms with Crippen LogP contribution in [0.25, 0.3) is 0 Å². The summed E-state index contributed by atoms with van der Waals surface area (Å²) in [6, 6.07) is 3.50. The van der Waals surface area contributed by atoms with Gasteiger partial charge in [-0.1, -0.05) is 15.9 Å². The predicted molar refractivity (Wildman–Crippen MR) is 57.3 cm³/mol. The molecule has 0 saturated carbocycles. The quantitative estimate of drug-likeness (QED) is 0.696. The SMILES string of the molecule is CC1Oc2c(N)cc(Br)cc2NC1=O. The van der Waals surface area contributed by atoms with Gasteiger partial charge in [0.1, 0.15) is 0 Å². The molecule has 0 aromatic heterocycles. The highest BCUT2D eigenvalue weighted by Crippen LogP contribution is 2.37. The number of hydrogen-bond donors (Lipinski definition) is 2. The van der Waals surface area contributed by atoms with Gasteiger partial charge in [-0.05, 0) is 19.1 Å². The molecule has 3 N–H and O–H groups in total. The number of hydrogen-bond acceptors (Lipinski definition) is 3. The summed E-state index contributed by atoms with van der Waals surface area (Å²) in [5.74, 6) is 0.385. The Morgan fingerprint density at radius 3 is 3.00 bits per heavy atom. The van der Waals surface area contributed by atoms with Crippen LogP contribution in [0.2, 0.25) is 0 Å². The number of amides is 1. The largest absolute Gasteiger partial charge is 0.477 e. The van der Waals surface area contributed by atoms with E-state index in [9.17, 15) is 4.79 Å². The molecule has 1 heterocycles. The lowest BCUT2D eigenvalue weighted by molar-refractivity contribution is -0.122. The fourth-order valence-corrected chi connectivity index (χ4v) is 1.78. The summed E-state index contributed by atoms with van der Waals surface area (Å²) in [7, 11) is 0. The van der Waals surface area contributed by atoms with Crippen LogP contribution in [-0.4, -0.2) is 12.0 Å². The van der Waals surface area contributed by atoms with Gasteiger partial charge in [0.2, 0.25) is 0 Å². The first kappa shape index (κ1) is 9.33. The Labute approximate surface area is 89.6 Å². The summed E-state index contributed by atoms with van der Waals surface area (Å²) >= 11 is 3.29. The van der Waals surface area contributed by atoms with Crippen molar-refractivity contribution in [1.82, 2.24) is 0 Å². The van der Waals surface area contributed by atoms with E-state index in [1.54, 1.807) is 19.1 Å². The smallest absolute Gasteiger partial charge is 0.265 e. The zero-order valence-electron chi connectivity index (χ0n) is 7.50. The third-order valence-electron chi connectivity index (χ3n) is 2.00. The molecule has 1 aliphatic rings. The van der Waals surface area contributed by atoms with Crippen molar-refractivity contribution in [1.29, 1.82) is 0 Å². The molecule has 0 bridgehead atoms. The molecule has 0 radical (unpaired) electrons. The minimum absolute atomic E-state index is 0.157. The van der Waals surface area contributed by atoms with E-state index in [1.165, 1.54) is 0 Å². The van der Waals surface area contributed by atoms with E-state index in [0.717, 1.165) is 4.47 Å². The Balaban J connectivity index is 2.51. The third kappa shape index (κ3) is 1.43. The van der Waals surface area contributed by atoms with Crippen LogP contribution < -0.4 is 15.8 Å². The number of nitrogens with one attached hydrogen (secondary N) is 1. The molecule has 1 unspecified atom stereocenters. The number of benzene rings is 1. The minimum atomic E-state index is -0.494. The molecule has 1 aliphatic heterocycles. The molecule has 4 nitrogen and oxygen atoms in total. The van der Waals surface area contributed by atoms with Gasteiger partial charge in [0.05, 0.1) is 11.4 Å². The summed E-state index contributed by atoms with van der Waals surface area (Å²) in [6.45, 7) is 1.68. The van der Waals surface area contributed by atoms with E-state index < -0.39 is 6.10 Å². The second kappa shape index (κ2) is 3.16. The van der Waals surface area contributed by atoms with Crippen molar-refractivity contribution < 1.29 is 9.53 Å². The second-order valence-corrected chi connectivity index (χ2v) is 4.04. The summed E-state index contributed by atoms with van der Waals surface area (Å²) in [5.41, 5.74) is 6.87. The first-order valence-electron chi connectivity index (χ1n) is 4.14. The van der Waals surface area contributed by atoms with E-state index >= 15 is 0 Å². The first-order valence-corrected chi connectivity index (χ1v) is 4.94. The van der Waals surface area contributed by atoms with Gasteiger partial charge in [-0.2, -0.15) is 0 Å². The van der Waals surface area contributed by atoms with Crippen LogP contribution in [0.3, 0.4) is 0 Å². The van der Waals surface area contributed by atoms with Gasteiger partial charge < -0.3 is 15.8 Å². The molecule has 5 heteroatoms. The fourth-order valence-electron chi connectivity index (χ4n) is 1.30. The molecular formula is C9H9BrN2O2. The lowest BCUT2D eigenvalue weighted by atomic mass is 10.2. The molecule has 1 amide bonds. The summed E-state index contributed by atoms with van der Waals surface area (Å²) < 4.78 is 6.18. The normalized spacial score (nSPS) is 19.6. The molecule has 1 aromatic carbocycles. The maximum atomic E-state index is 11.3. The highest BCUT2D eigenvalue weighted by Gasteiger charge is 2.25. The highest BCUT2D eigenvalue weighted by molar-refractivity contribution is 9.10. The monoisotopic (exact) mass is 256 g/mol. The molecule has 1 atom stereocenters. The van der Waals surface area contributed by atoms with Gasteiger partial charge in [0, 0.05) is 4.47 Å². The molecule has 14 heavy (non-hydrogen) atoms. The van der Waals surface area contributed by atoms with Crippen molar-refractivity contribution in [3.05, 3.63) is 16.6 Å². The molecule has 0 saturated heterocycles. The Bertz CT molecular complexity index is 406. The van der Waals surface area contributed by atoms with Gasteiger partial charge in [-0.25, -0.2) is 0 Å². The van der Waals surface area contributed by atoms with Gasteiger partial charge in [-0.3, -0.25) is 4.79 Å². The Morgan fingerprint density at radius 2 is 2.29 bits per heavy atom. The van der Waals surface area contributed by atoms with Crippen LogP contribution >= 0.6 is 15.9 Å². The van der Waals surface area contributed by atoms with Crippen molar-refractivity contribution in [2.45, 2.75) is 13.0 Å². The number of nitrogen functional groups attached to an aromatic ring is 1. The Morgan fingerprint density at radius 1 is 1.57 bits per heavy atom. The molecule has 0 spiro atoms. The third-order valence-corrected chi connectivity index (χ3v) is 2.46. The number of anilines is 2. The van der Waals surface area contributed by atoms with Crippen molar-refractivity contribution >= 4 is 33.2 Å². The van der Waals surface area contributed by atoms with Crippen LogP contribution in [-0.2, 0) is 4.79 Å². The lowest BCUT2D eigenvalue weighted by Crippen LogP contribution is -2.34. The summed E-state index contributed by atoms with van der Waals surface area (Å²) in [6.07, 6.45) is -0.494. The van der Waals surface area contributed by atoms with Crippen LogP contribution in [0.15, 0.2) is 16.6 Å². The molecule has 0 aliphatic carbocycles. The topological polar surface area (TPSA) is 64.3 Å². The number of fused-ring (bicyclic) bond motifs is 1.